The van der Waals surface area contributed by atoms with Crippen LogP contribution in [0.25, 0.3) is 12.2 Å². The van der Waals surface area contributed by atoms with Crippen LogP contribution in [0.5, 0.6) is 0 Å². The van der Waals surface area contributed by atoms with Crippen LogP contribution in [0, 0.1) is 21.4 Å². The van der Waals surface area contributed by atoms with Crippen molar-refractivity contribution in [2.24, 2.45) is 0 Å². The Balaban J connectivity index is 2.22. The lowest BCUT2D eigenvalue weighted by molar-refractivity contribution is -0.384. The Hall–Kier alpha value is -2.64. The molecule has 98 valence electrons. The zero-order valence-corrected chi connectivity index (χ0v) is 11.0. The highest BCUT2D eigenvalue weighted by molar-refractivity contribution is 6.32. The van der Waals surface area contributed by atoms with Gasteiger partial charge in [-0.2, -0.15) is 5.26 Å². The van der Waals surface area contributed by atoms with E-state index in [-0.39, 0.29) is 5.69 Å². The van der Waals surface area contributed by atoms with Crippen LogP contribution in [-0.2, 0) is 0 Å². The van der Waals surface area contributed by atoms with Crippen LogP contribution < -0.4 is 0 Å². The van der Waals surface area contributed by atoms with Gasteiger partial charge in [0.05, 0.1) is 21.6 Å². The summed E-state index contributed by atoms with van der Waals surface area (Å²) in [5.74, 6) is 0. The van der Waals surface area contributed by atoms with E-state index in [2.05, 4.69) is 0 Å². The highest BCUT2D eigenvalue weighted by atomic mass is 35.5. The van der Waals surface area contributed by atoms with E-state index < -0.39 is 4.92 Å². The summed E-state index contributed by atoms with van der Waals surface area (Å²) < 4.78 is 0. The minimum absolute atomic E-state index is 0.0366. The molecule has 0 unspecified atom stereocenters. The van der Waals surface area contributed by atoms with Crippen molar-refractivity contribution in [1.29, 1.82) is 5.26 Å². The van der Waals surface area contributed by atoms with Gasteiger partial charge in [-0.25, -0.2) is 0 Å². The van der Waals surface area contributed by atoms with Crippen LogP contribution in [0.15, 0.2) is 42.5 Å². The van der Waals surface area contributed by atoms with Gasteiger partial charge >= 0.3 is 0 Å². The highest BCUT2D eigenvalue weighted by Gasteiger charge is 2.07. The zero-order valence-electron chi connectivity index (χ0n) is 10.3. The molecular formula is C15H9ClN2O2. The van der Waals surface area contributed by atoms with E-state index in [1.807, 2.05) is 24.3 Å². The monoisotopic (exact) mass is 284 g/mol. The number of hydrogen-bond acceptors (Lipinski definition) is 3. The second kappa shape index (κ2) is 6.00. The SMILES string of the molecule is N#Cc1ccc(/C=C/c2ccc([N+](=O)[O-])cc2Cl)cc1. The van der Waals surface area contributed by atoms with E-state index in [0.29, 0.717) is 16.1 Å². The Labute approximate surface area is 120 Å². The minimum Gasteiger partial charge on any atom is -0.258 e. The molecule has 2 rings (SSSR count). The first kappa shape index (κ1) is 13.8. The quantitative estimate of drug-likeness (QED) is 0.480. The summed E-state index contributed by atoms with van der Waals surface area (Å²) >= 11 is 5.99. The fraction of sp³-hybridized carbons (Fsp3) is 0. The molecule has 0 N–H and O–H groups in total. The maximum atomic E-state index is 10.6. The Morgan fingerprint density at radius 1 is 1.15 bits per heavy atom. The first-order valence-corrected chi connectivity index (χ1v) is 6.10. The summed E-state index contributed by atoms with van der Waals surface area (Å²) in [5.41, 5.74) is 2.17. The molecule has 0 heterocycles. The molecule has 0 bridgehead atoms. The van der Waals surface area contributed by atoms with Crippen LogP contribution in [0.2, 0.25) is 5.02 Å². The summed E-state index contributed by atoms with van der Waals surface area (Å²) in [6, 6.07) is 13.4. The molecule has 0 radical (unpaired) electrons. The fourth-order valence-corrected chi connectivity index (χ4v) is 1.86. The first-order valence-electron chi connectivity index (χ1n) is 5.72. The van der Waals surface area contributed by atoms with Crippen molar-refractivity contribution in [2.45, 2.75) is 0 Å². The molecule has 0 amide bonds. The number of rotatable bonds is 3. The molecule has 5 heteroatoms. The molecule has 2 aromatic carbocycles. The van der Waals surface area contributed by atoms with Gasteiger partial charge < -0.3 is 0 Å². The summed E-state index contributed by atoms with van der Waals surface area (Å²) in [4.78, 5) is 10.1. The number of hydrogen-bond donors (Lipinski definition) is 0. The average molecular weight is 285 g/mol. The van der Waals surface area contributed by atoms with Crippen LogP contribution in [0.3, 0.4) is 0 Å². The Morgan fingerprint density at radius 2 is 1.85 bits per heavy atom. The summed E-state index contributed by atoms with van der Waals surface area (Å²) in [6.45, 7) is 0. The third-order valence-corrected chi connectivity index (χ3v) is 3.02. The molecule has 0 saturated heterocycles. The maximum Gasteiger partial charge on any atom is 0.270 e. The Bertz CT molecular complexity index is 716. The van der Waals surface area contributed by atoms with Crippen molar-refractivity contribution < 1.29 is 4.92 Å². The fourth-order valence-electron chi connectivity index (χ4n) is 1.62. The van der Waals surface area contributed by atoms with Crippen molar-refractivity contribution in [3.8, 4) is 6.07 Å². The molecule has 0 aliphatic carbocycles. The number of nitrogens with zero attached hydrogens (tertiary/aromatic N) is 2. The number of halogens is 1. The number of benzene rings is 2. The molecule has 0 fully saturated rings. The predicted molar refractivity (Wildman–Crippen MR) is 78.2 cm³/mol. The number of nitriles is 1. The van der Waals surface area contributed by atoms with E-state index in [1.54, 1.807) is 24.3 Å². The van der Waals surface area contributed by atoms with Crippen molar-refractivity contribution in [1.82, 2.24) is 0 Å². The van der Waals surface area contributed by atoms with Crippen LogP contribution >= 0.6 is 11.6 Å². The largest absolute Gasteiger partial charge is 0.270 e. The van der Waals surface area contributed by atoms with E-state index in [1.165, 1.54) is 12.1 Å². The average Bonchev–Trinajstić information content (AvgIpc) is 2.46. The Morgan fingerprint density at radius 3 is 2.40 bits per heavy atom. The van der Waals surface area contributed by atoms with Crippen LogP contribution in [0.1, 0.15) is 16.7 Å². The van der Waals surface area contributed by atoms with E-state index in [9.17, 15) is 10.1 Å². The van der Waals surface area contributed by atoms with Gasteiger partial charge in [-0.15, -0.1) is 0 Å². The summed E-state index contributed by atoms with van der Waals surface area (Å²) in [5, 5.41) is 19.6. The number of nitro groups is 1. The first-order chi connectivity index (χ1) is 9.60. The summed E-state index contributed by atoms with van der Waals surface area (Å²) in [6.07, 6.45) is 3.60. The van der Waals surface area contributed by atoms with Crippen molar-refractivity contribution in [2.75, 3.05) is 0 Å². The van der Waals surface area contributed by atoms with Gasteiger partial charge in [0.2, 0.25) is 0 Å². The van der Waals surface area contributed by atoms with E-state index >= 15 is 0 Å². The Kier molecular flexibility index (Phi) is 4.14. The molecule has 20 heavy (non-hydrogen) atoms. The van der Waals surface area contributed by atoms with Crippen LogP contribution in [0.4, 0.5) is 5.69 Å². The molecule has 0 spiro atoms. The van der Waals surface area contributed by atoms with Crippen molar-refractivity contribution in [3.05, 3.63) is 74.3 Å². The second-order valence-electron chi connectivity index (χ2n) is 4.03. The van der Waals surface area contributed by atoms with Gasteiger partial charge in [0, 0.05) is 12.1 Å². The molecule has 0 aliphatic rings. The third kappa shape index (κ3) is 3.22. The smallest absolute Gasteiger partial charge is 0.258 e. The molecule has 0 aliphatic heterocycles. The highest BCUT2D eigenvalue weighted by Crippen LogP contribution is 2.24. The van der Waals surface area contributed by atoms with Crippen LogP contribution in [-0.4, -0.2) is 4.92 Å². The maximum absolute atomic E-state index is 10.6. The van der Waals surface area contributed by atoms with Gasteiger partial charge in [0.1, 0.15) is 0 Å². The van der Waals surface area contributed by atoms with Gasteiger partial charge in [0.15, 0.2) is 0 Å². The molecule has 0 saturated carbocycles. The lowest BCUT2D eigenvalue weighted by atomic mass is 10.1. The van der Waals surface area contributed by atoms with Gasteiger partial charge in [-0.05, 0) is 29.3 Å². The van der Waals surface area contributed by atoms with Gasteiger partial charge in [-0.1, -0.05) is 35.9 Å². The van der Waals surface area contributed by atoms with E-state index in [0.717, 1.165) is 5.56 Å². The number of non-ortho nitro benzene ring substituents is 1. The number of nitro benzene ring substituents is 1. The molecule has 0 atom stereocenters. The standard InChI is InChI=1S/C15H9ClN2O2/c16-15-9-14(18(19)20)8-7-13(15)6-5-11-1-3-12(10-17)4-2-11/h1-9H/b6-5+. The normalized spacial score (nSPS) is 10.4. The van der Waals surface area contributed by atoms with Gasteiger partial charge in [0.25, 0.3) is 5.69 Å². The third-order valence-electron chi connectivity index (χ3n) is 2.69. The lowest BCUT2D eigenvalue weighted by Gasteiger charge is -1.99. The van der Waals surface area contributed by atoms with Gasteiger partial charge in [-0.3, -0.25) is 10.1 Å². The zero-order chi connectivity index (χ0) is 14.5. The van der Waals surface area contributed by atoms with Crippen molar-refractivity contribution >= 4 is 29.4 Å². The molecule has 4 nitrogen and oxygen atoms in total. The minimum atomic E-state index is -0.486. The topological polar surface area (TPSA) is 66.9 Å². The molecular weight excluding hydrogens is 276 g/mol. The second-order valence-corrected chi connectivity index (χ2v) is 4.44. The van der Waals surface area contributed by atoms with E-state index in [4.69, 9.17) is 16.9 Å². The summed E-state index contributed by atoms with van der Waals surface area (Å²) in [7, 11) is 0. The predicted octanol–water partition coefficient (Wildman–Crippen LogP) is 4.29. The molecule has 0 aromatic heterocycles. The molecule has 2 aromatic rings. The lowest BCUT2D eigenvalue weighted by Crippen LogP contribution is -1.88. The van der Waals surface area contributed by atoms with Crippen molar-refractivity contribution in [3.63, 3.8) is 0 Å².